The van der Waals surface area contributed by atoms with Crippen LogP contribution in [0.2, 0.25) is 0 Å². The molecule has 4 atom stereocenters. The van der Waals surface area contributed by atoms with E-state index >= 15 is 0 Å². The number of hydrogen-bond acceptors (Lipinski definition) is 3. The minimum atomic E-state index is 0. The van der Waals surface area contributed by atoms with Crippen molar-refractivity contribution in [3.8, 4) is 0 Å². The number of carbonyl (C=O) groups excluding carboxylic acids is 1. The molecule has 2 aliphatic carbocycles. The third-order valence-electron chi connectivity index (χ3n) is 8.20. The number of ether oxygens (including phenoxy) is 1. The van der Waals surface area contributed by atoms with Gasteiger partial charge in [-0.3, -0.25) is 9.89 Å². The van der Waals surface area contributed by atoms with Gasteiger partial charge in [0.1, 0.15) is 0 Å². The summed E-state index contributed by atoms with van der Waals surface area (Å²) in [5, 5.41) is 7.37. The van der Waals surface area contributed by atoms with Crippen molar-refractivity contribution in [1.82, 2.24) is 15.1 Å². The zero-order valence-corrected chi connectivity index (χ0v) is 19.3. The topological polar surface area (TPSA) is 58.2 Å². The molecule has 2 heterocycles. The number of carbonyl (C=O) groups is 1. The highest BCUT2D eigenvalue weighted by atomic mass is 16.5. The Hall–Kier alpha value is -2.14. The van der Waals surface area contributed by atoms with Crippen LogP contribution in [0.5, 0.6) is 0 Å². The third-order valence-corrected chi connectivity index (χ3v) is 8.20. The van der Waals surface area contributed by atoms with Crippen LogP contribution in [-0.4, -0.2) is 46.3 Å². The molecule has 1 aromatic heterocycles. The van der Waals surface area contributed by atoms with Gasteiger partial charge in [-0.2, -0.15) is 5.10 Å². The van der Waals surface area contributed by atoms with E-state index in [2.05, 4.69) is 58.4 Å². The van der Waals surface area contributed by atoms with Crippen molar-refractivity contribution in [2.45, 2.75) is 82.3 Å². The van der Waals surface area contributed by atoms with E-state index in [-0.39, 0.29) is 19.3 Å². The first-order valence-corrected chi connectivity index (χ1v) is 12.7. The quantitative estimate of drug-likeness (QED) is 0.620. The van der Waals surface area contributed by atoms with Crippen LogP contribution in [0.4, 0.5) is 0 Å². The second-order valence-corrected chi connectivity index (χ2v) is 10.1. The van der Waals surface area contributed by atoms with Crippen LogP contribution < -0.4 is 0 Å². The van der Waals surface area contributed by atoms with Crippen molar-refractivity contribution in [3.05, 3.63) is 53.9 Å². The summed E-state index contributed by atoms with van der Waals surface area (Å²) in [7, 11) is 0. The summed E-state index contributed by atoms with van der Waals surface area (Å²) in [6.07, 6.45) is 11.0. The second-order valence-electron chi connectivity index (χ2n) is 10.1. The number of likely N-dealkylation sites (tertiary alicyclic amines) is 1. The van der Waals surface area contributed by atoms with E-state index in [1.165, 1.54) is 18.4 Å². The Balaban J connectivity index is 0.00000259. The molecule has 3 fully saturated rings. The predicted octanol–water partition coefficient (Wildman–Crippen LogP) is 5.52. The Morgan fingerprint density at radius 3 is 2.66 bits per heavy atom. The fourth-order valence-electron chi connectivity index (χ4n) is 6.11. The lowest BCUT2D eigenvalue weighted by Gasteiger charge is -2.42. The number of rotatable bonds is 7. The Bertz CT molecular complexity index is 867. The van der Waals surface area contributed by atoms with Crippen LogP contribution in [0, 0.1) is 11.8 Å². The highest BCUT2D eigenvalue weighted by Crippen LogP contribution is 2.44. The Kier molecular flexibility index (Phi) is 6.63. The Morgan fingerprint density at radius 2 is 1.97 bits per heavy atom. The van der Waals surface area contributed by atoms with Crippen molar-refractivity contribution in [1.29, 1.82) is 0 Å². The molecule has 2 saturated carbocycles. The van der Waals surface area contributed by atoms with Crippen LogP contribution in [0.15, 0.2) is 42.6 Å². The Labute approximate surface area is 193 Å². The number of aromatic amines is 1. The standard InChI is InChI=1S/C27H37N3O2.H2/c1-2-19-17-24(19)27(31)30-16-6-9-23(25-14-15-28-29-25)26(30)18-32-22-12-10-21(11-13-22)20-7-4-3-5-8-20;/h3-5,7-8,14-15,19,21-24,26H,2,6,9-13,16-18H2,1H3,(H,28,29);1H/t19-,21?,22?,23?,24-,26-;/m0./s1. The maximum absolute atomic E-state index is 13.4. The maximum atomic E-state index is 13.4. The summed E-state index contributed by atoms with van der Waals surface area (Å²) in [6, 6.07) is 13.1. The van der Waals surface area contributed by atoms with Gasteiger partial charge in [0.05, 0.1) is 18.8 Å². The molecule has 1 aromatic carbocycles. The molecule has 0 bridgehead atoms. The molecule has 32 heavy (non-hydrogen) atoms. The largest absolute Gasteiger partial charge is 0.376 e. The molecule has 1 aliphatic heterocycles. The first kappa shape index (κ1) is 21.7. The zero-order chi connectivity index (χ0) is 21.9. The molecule has 174 valence electrons. The van der Waals surface area contributed by atoms with Gasteiger partial charge in [-0.15, -0.1) is 0 Å². The zero-order valence-electron chi connectivity index (χ0n) is 19.3. The minimum Gasteiger partial charge on any atom is -0.376 e. The summed E-state index contributed by atoms with van der Waals surface area (Å²) in [5.41, 5.74) is 2.61. The molecule has 1 N–H and O–H groups in total. The van der Waals surface area contributed by atoms with Gasteiger partial charge < -0.3 is 9.64 Å². The van der Waals surface area contributed by atoms with E-state index in [9.17, 15) is 4.79 Å². The number of hydrogen-bond donors (Lipinski definition) is 1. The number of H-pyrrole nitrogens is 1. The maximum Gasteiger partial charge on any atom is 0.226 e. The molecule has 3 aliphatic rings. The first-order chi connectivity index (χ1) is 15.7. The molecule has 2 aromatic rings. The summed E-state index contributed by atoms with van der Waals surface area (Å²) in [5.74, 6) is 2.13. The van der Waals surface area contributed by atoms with E-state index in [4.69, 9.17) is 4.74 Å². The summed E-state index contributed by atoms with van der Waals surface area (Å²) in [4.78, 5) is 15.5. The first-order valence-electron chi connectivity index (χ1n) is 12.7. The average molecular weight is 438 g/mol. The summed E-state index contributed by atoms with van der Waals surface area (Å²) < 4.78 is 6.54. The van der Waals surface area contributed by atoms with Crippen molar-refractivity contribution in [3.63, 3.8) is 0 Å². The van der Waals surface area contributed by atoms with Gasteiger partial charge >= 0.3 is 0 Å². The van der Waals surface area contributed by atoms with Crippen molar-refractivity contribution < 1.29 is 11.0 Å². The average Bonchev–Trinajstić information content (AvgIpc) is 3.45. The molecular weight excluding hydrogens is 398 g/mol. The molecule has 1 amide bonds. The lowest BCUT2D eigenvalue weighted by Crippen LogP contribution is -2.51. The van der Waals surface area contributed by atoms with Gasteiger partial charge in [0.25, 0.3) is 0 Å². The number of benzene rings is 1. The van der Waals surface area contributed by atoms with Gasteiger partial charge in [-0.1, -0.05) is 43.7 Å². The molecule has 1 unspecified atom stereocenters. The van der Waals surface area contributed by atoms with Gasteiger partial charge in [0.15, 0.2) is 0 Å². The van der Waals surface area contributed by atoms with E-state index in [1.54, 1.807) is 0 Å². The minimum absolute atomic E-state index is 0. The molecule has 0 radical (unpaired) electrons. The smallest absolute Gasteiger partial charge is 0.226 e. The number of aromatic nitrogens is 2. The molecule has 1 saturated heterocycles. The van der Waals surface area contributed by atoms with Gasteiger partial charge in [0.2, 0.25) is 5.91 Å². The lowest BCUT2D eigenvalue weighted by atomic mass is 9.82. The van der Waals surface area contributed by atoms with Gasteiger partial charge in [0, 0.05) is 31.7 Å². The Morgan fingerprint density at radius 1 is 1.16 bits per heavy atom. The van der Waals surface area contributed by atoms with Crippen molar-refractivity contribution in [2.24, 2.45) is 11.8 Å². The predicted molar refractivity (Wildman–Crippen MR) is 127 cm³/mol. The van der Waals surface area contributed by atoms with Crippen LogP contribution in [0.25, 0.3) is 0 Å². The van der Waals surface area contributed by atoms with E-state index in [1.807, 2.05) is 6.20 Å². The van der Waals surface area contributed by atoms with Crippen LogP contribution in [0.3, 0.4) is 0 Å². The number of piperidine rings is 1. The lowest BCUT2D eigenvalue weighted by molar-refractivity contribution is -0.140. The van der Waals surface area contributed by atoms with E-state index in [0.29, 0.717) is 30.5 Å². The van der Waals surface area contributed by atoms with Crippen LogP contribution >= 0.6 is 0 Å². The van der Waals surface area contributed by atoms with Crippen molar-refractivity contribution in [2.75, 3.05) is 13.2 Å². The van der Waals surface area contributed by atoms with Gasteiger partial charge in [-0.25, -0.2) is 0 Å². The van der Waals surface area contributed by atoms with Gasteiger partial charge in [-0.05, 0) is 68.4 Å². The SMILES string of the molecule is CC[C@H]1C[C@@H]1C(=O)N1CCCC(c2ccn[nH]2)[C@@H]1COC1CCC(c2ccccc2)CC1.[HH]. The summed E-state index contributed by atoms with van der Waals surface area (Å²) in [6.45, 7) is 3.71. The molecule has 5 rings (SSSR count). The number of nitrogens with zero attached hydrogens (tertiary/aromatic N) is 2. The van der Waals surface area contributed by atoms with E-state index < -0.39 is 0 Å². The van der Waals surface area contributed by atoms with Crippen LogP contribution in [0.1, 0.15) is 82.8 Å². The number of nitrogens with one attached hydrogen (secondary N) is 1. The molecule has 0 spiro atoms. The highest BCUT2D eigenvalue weighted by molar-refractivity contribution is 5.82. The van der Waals surface area contributed by atoms with Crippen molar-refractivity contribution >= 4 is 5.91 Å². The summed E-state index contributed by atoms with van der Waals surface area (Å²) >= 11 is 0. The molecular formula is C27H39N3O2. The van der Waals surface area contributed by atoms with Crippen LogP contribution in [-0.2, 0) is 9.53 Å². The fourth-order valence-corrected chi connectivity index (χ4v) is 6.11. The highest BCUT2D eigenvalue weighted by Gasteiger charge is 2.47. The monoisotopic (exact) mass is 437 g/mol. The fraction of sp³-hybridized carbons (Fsp3) is 0.630. The second kappa shape index (κ2) is 9.78. The molecule has 5 heteroatoms. The third kappa shape index (κ3) is 4.63. The molecule has 5 nitrogen and oxygen atoms in total. The number of amides is 1. The van der Waals surface area contributed by atoms with E-state index in [0.717, 1.165) is 50.8 Å². The normalized spacial score (nSPS) is 32.6.